The van der Waals surface area contributed by atoms with E-state index in [1.165, 1.54) is 0 Å². The third kappa shape index (κ3) is 6.68. The van der Waals surface area contributed by atoms with Crippen LogP contribution in [0.1, 0.15) is 30.0 Å². The lowest BCUT2D eigenvalue weighted by molar-refractivity contribution is -0.117. The molecule has 1 aliphatic heterocycles. The average molecular weight is 522 g/mol. The molecule has 0 saturated heterocycles. The first-order chi connectivity index (χ1) is 14.0. The summed E-state index contributed by atoms with van der Waals surface area (Å²) in [5.74, 6) is 1.10. The van der Waals surface area contributed by atoms with Crippen molar-refractivity contribution in [2.45, 2.75) is 25.7 Å². The Kier molecular flexibility index (Phi) is 9.03. The van der Waals surface area contributed by atoms with Crippen molar-refractivity contribution in [2.75, 3.05) is 30.8 Å². The van der Waals surface area contributed by atoms with Gasteiger partial charge >= 0.3 is 0 Å². The molecule has 0 radical (unpaired) electrons. The van der Waals surface area contributed by atoms with Crippen molar-refractivity contribution in [1.82, 2.24) is 15.6 Å². The van der Waals surface area contributed by atoms with E-state index in [0.29, 0.717) is 31.3 Å². The number of pyridine rings is 1. The van der Waals surface area contributed by atoms with Crippen molar-refractivity contribution in [2.24, 2.45) is 4.99 Å². The SMILES string of the molecule is CN=C(NCCC(=O)Nc1cccc(C)n1)NCC1CC(=O)Nc2ccccc21.I. The molecular weight excluding hydrogens is 495 g/mol. The predicted molar refractivity (Wildman–Crippen MR) is 129 cm³/mol. The van der Waals surface area contributed by atoms with Gasteiger partial charge in [0.25, 0.3) is 0 Å². The maximum absolute atomic E-state index is 12.1. The van der Waals surface area contributed by atoms with Gasteiger partial charge in [0.1, 0.15) is 5.82 Å². The van der Waals surface area contributed by atoms with Gasteiger partial charge in [-0.3, -0.25) is 14.6 Å². The molecule has 2 amide bonds. The molecule has 1 atom stereocenters. The van der Waals surface area contributed by atoms with E-state index in [1.807, 2.05) is 43.3 Å². The van der Waals surface area contributed by atoms with E-state index in [1.54, 1.807) is 13.1 Å². The predicted octanol–water partition coefficient (Wildman–Crippen LogP) is 2.63. The number of nitrogens with one attached hydrogen (secondary N) is 4. The van der Waals surface area contributed by atoms with Crippen LogP contribution in [0.5, 0.6) is 0 Å². The number of guanidine groups is 1. The first-order valence-corrected chi connectivity index (χ1v) is 9.62. The Labute approximate surface area is 193 Å². The number of para-hydroxylation sites is 1. The zero-order valence-electron chi connectivity index (χ0n) is 17.1. The number of anilines is 2. The quantitative estimate of drug-likeness (QED) is 0.265. The van der Waals surface area contributed by atoms with Crippen LogP contribution in [0.2, 0.25) is 0 Å². The lowest BCUT2D eigenvalue weighted by Gasteiger charge is -2.26. The number of amides is 2. The van der Waals surface area contributed by atoms with E-state index < -0.39 is 0 Å². The molecule has 0 saturated carbocycles. The Balaban J connectivity index is 0.00000320. The fourth-order valence-electron chi connectivity index (χ4n) is 3.24. The minimum Gasteiger partial charge on any atom is -0.356 e. The van der Waals surface area contributed by atoms with Crippen LogP contribution >= 0.6 is 24.0 Å². The number of carbonyl (C=O) groups is 2. The maximum atomic E-state index is 12.1. The monoisotopic (exact) mass is 522 g/mol. The molecule has 30 heavy (non-hydrogen) atoms. The molecule has 1 aliphatic rings. The van der Waals surface area contributed by atoms with E-state index in [2.05, 4.69) is 31.2 Å². The smallest absolute Gasteiger partial charge is 0.227 e. The Morgan fingerprint density at radius 1 is 1.20 bits per heavy atom. The summed E-state index contributed by atoms with van der Waals surface area (Å²) in [7, 11) is 1.67. The van der Waals surface area contributed by atoms with Crippen LogP contribution in [0.4, 0.5) is 11.5 Å². The highest BCUT2D eigenvalue weighted by Crippen LogP contribution is 2.31. The second kappa shape index (κ2) is 11.5. The topological polar surface area (TPSA) is 108 Å². The van der Waals surface area contributed by atoms with Crippen molar-refractivity contribution >= 4 is 53.3 Å². The number of aryl methyl sites for hydroxylation is 1. The molecule has 0 fully saturated rings. The highest BCUT2D eigenvalue weighted by molar-refractivity contribution is 14.0. The van der Waals surface area contributed by atoms with Crippen molar-refractivity contribution in [3.63, 3.8) is 0 Å². The average Bonchev–Trinajstić information content (AvgIpc) is 2.70. The highest BCUT2D eigenvalue weighted by Gasteiger charge is 2.24. The van der Waals surface area contributed by atoms with E-state index >= 15 is 0 Å². The summed E-state index contributed by atoms with van der Waals surface area (Å²) in [6.07, 6.45) is 0.706. The Morgan fingerprint density at radius 2 is 2.00 bits per heavy atom. The number of nitrogens with zero attached hydrogens (tertiary/aromatic N) is 2. The van der Waals surface area contributed by atoms with E-state index in [0.717, 1.165) is 16.9 Å². The molecule has 1 aromatic heterocycles. The number of halogens is 1. The number of benzene rings is 1. The zero-order valence-corrected chi connectivity index (χ0v) is 19.4. The molecule has 2 aromatic rings. The van der Waals surface area contributed by atoms with Gasteiger partial charge in [-0.2, -0.15) is 0 Å². The van der Waals surface area contributed by atoms with Crippen molar-refractivity contribution in [3.05, 3.63) is 53.7 Å². The molecule has 9 heteroatoms. The molecule has 0 aliphatic carbocycles. The number of aromatic nitrogens is 1. The Morgan fingerprint density at radius 3 is 2.77 bits per heavy atom. The molecule has 0 bridgehead atoms. The van der Waals surface area contributed by atoms with Crippen LogP contribution in [0.15, 0.2) is 47.5 Å². The minimum absolute atomic E-state index is 0. The second-order valence-corrected chi connectivity index (χ2v) is 6.88. The third-order valence-electron chi connectivity index (χ3n) is 4.65. The van der Waals surface area contributed by atoms with Crippen LogP contribution < -0.4 is 21.3 Å². The summed E-state index contributed by atoms with van der Waals surface area (Å²) >= 11 is 0. The van der Waals surface area contributed by atoms with Crippen LogP contribution in [-0.4, -0.2) is 42.9 Å². The van der Waals surface area contributed by atoms with Crippen LogP contribution in [0, 0.1) is 6.92 Å². The molecule has 3 rings (SSSR count). The van der Waals surface area contributed by atoms with Crippen molar-refractivity contribution in [1.29, 1.82) is 0 Å². The first-order valence-electron chi connectivity index (χ1n) is 9.62. The number of hydrogen-bond donors (Lipinski definition) is 4. The van der Waals surface area contributed by atoms with Gasteiger partial charge in [-0.15, -0.1) is 24.0 Å². The summed E-state index contributed by atoms with van der Waals surface area (Å²) in [5, 5.41) is 12.1. The van der Waals surface area contributed by atoms with E-state index in [9.17, 15) is 9.59 Å². The van der Waals surface area contributed by atoms with Gasteiger partial charge < -0.3 is 21.3 Å². The highest BCUT2D eigenvalue weighted by atomic mass is 127. The Bertz CT molecular complexity index is 918. The first kappa shape index (κ1) is 23.6. The summed E-state index contributed by atoms with van der Waals surface area (Å²) < 4.78 is 0. The molecule has 1 unspecified atom stereocenters. The van der Waals surface area contributed by atoms with Gasteiger partial charge in [-0.1, -0.05) is 24.3 Å². The lowest BCUT2D eigenvalue weighted by atomic mass is 9.90. The van der Waals surface area contributed by atoms with Gasteiger partial charge in [-0.25, -0.2) is 4.98 Å². The molecule has 1 aromatic carbocycles. The standard InChI is InChI=1S/C21H26N6O2.HI/c1-14-6-5-9-18(25-14)27-19(28)10-11-23-21(22-2)24-13-15-12-20(29)26-17-8-4-3-7-16(15)17;/h3-9,15H,10-13H2,1-2H3,(H,26,29)(H2,22,23,24)(H,25,27,28);1H. The number of carbonyl (C=O) groups excluding carboxylic acids is 2. The minimum atomic E-state index is -0.121. The van der Waals surface area contributed by atoms with Crippen LogP contribution in [-0.2, 0) is 9.59 Å². The van der Waals surface area contributed by atoms with Crippen molar-refractivity contribution < 1.29 is 9.59 Å². The fraction of sp³-hybridized carbons (Fsp3) is 0.333. The lowest BCUT2D eigenvalue weighted by Crippen LogP contribution is -2.41. The molecule has 2 heterocycles. The van der Waals surface area contributed by atoms with Crippen molar-refractivity contribution in [3.8, 4) is 0 Å². The summed E-state index contributed by atoms with van der Waals surface area (Å²) in [4.78, 5) is 32.5. The molecule has 160 valence electrons. The van der Waals surface area contributed by atoms with E-state index in [4.69, 9.17) is 0 Å². The van der Waals surface area contributed by atoms with Gasteiger partial charge in [0, 0.05) is 50.3 Å². The van der Waals surface area contributed by atoms with Crippen LogP contribution in [0.25, 0.3) is 0 Å². The van der Waals surface area contributed by atoms with Gasteiger partial charge in [0.05, 0.1) is 0 Å². The number of aliphatic imine (C=N–C) groups is 1. The number of hydrogen-bond acceptors (Lipinski definition) is 4. The molecular formula is C21H27IN6O2. The molecule has 0 spiro atoms. The van der Waals surface area contributed by atoms with E-state index in [-0.39, 0.29) is 48.1 Å². The summed E-state index contributed by atoms with van der Waals surface area (Å²) in [6, 6.07) is 13.3. The number of fused-ring (bicyclic) bond motifs is 1. The fourth-order valence-corrected chi connectivity index (χ4v) is 3.24. The second-order valence-electron chi connectivity index (χ2n) is 6.88. The van der Waals surface area contributed by atoms with Crippen LogP contribution in [0.3, 0.4) is 0 Å². The van der Waals surface area contributed by atoms with Gasteiger partial charge in [0.15, 0.2) is 5.96 Å². The zero-order chi connectivity index (χ0) is 20.6. The largest absolute Gasteiger partial charge is 0.356 e. The maximum Gasteiger partial charge on any atom is 0.227 e. The molecule has 4 N–H and O–H groups in total. The Hall–Kier alpha value is -2.69. The number of rotatable bonds is 6. The normalized spacial score (nSPS) is 15.3. The van der Waals surface area contributed by atoms with Gasteiger partial charge in [0.2, 0.25) is 11.8 Å². The summed E-state index contributed by atoms with van der Waals surface area (Å²) in [6.45, 7) is 2.88. The molecule has 8 nitrogen and oxygen atoms in total. The third-order valence-corrected chi connectivity index (χ3v) is 4.65. The van der Waals surface area contributed by atoms with Gasteiger partial charge in [-0.05, 0) is 30.7 Å². The summed E-state index contributed by atoms with van der Waals surface area (Å²) in [5.41, 5.74) is 2.82.